The molecule has 2 aromatic carbocycles. The van der Waals surface area contributed by atoms with Crippen molar-refractivity contribution in [2.24, 2.45) is 16.8 Å². The Morgan fingerprint density at radius 3 is 2.30 bits per heavy atom. The van der Waals surface area contributed by atoms with Crippen LogP contribution in [0.2, 0.25) is 0 Å². The van der Waals surface area contributed by atoms with Crippen LogP contribution in [0.5, 0.6) is 0 Å². The van der Waals surface area contributed by atoms with Crippen molar-refractivity contribution in [3.63, 3.8) is 0 Å². The van der Waals surface area contributed by atoms with E-state index in [1.165, 1.54) is 12.1 Å². The topological polar surface area (TPSA) is 53.0 Å². The smallest absolute Gasteiger partial charge is 0.256 e. The van der Waals surface area contributed by atoms with E-state index in [9.17, 15) is 14.0 Å². The molecule has 1 saturated heterocycles. The Kier molecular flexibility index (Phi) is 4.86. The van der Waals surface area contributed by atoms with Gasteiger partial charge in [-0.2, -0.15) is 0 Å². The maximum absolute atomic E-state index is 13.6. The Hall–Kier alpha value is -3.02. The molecule has 2 aromatic rings. The first-order valence-electron chi connectivity index (χ1n) is 12.1. The van der Waals surface area contributed by atoms with Crippen LogP contribution >= 0.6 is 0 Å². The molecule has 6 rings (SSSR count). The van der Waals surface area contributed by atoms with Crippen LogP contribution in [-0.2, 0) is 9.59 Å². The maximum Gasteiger partial charge on any atom is 0.256 e. The van der Waals surface area contributed by atoms with E-state index in [2.05, 4.69) is 0 Å². The van der Waals surface area contributed by atoms with Gasteiger partial charge in [-0.15, -0.1) is 0 Å². The highest BCUT2D eigenvalue weighted by Crippen LogP contribution is 2.46. The van der Waals surface area contributed by atoms with Crippen LogP contribution in [-0.4, -0.2) is 52.6 Å². The number of hydrogen-bond donors (Lipinski definition) is 0. The zero-order chi connectivity index (χ0) is 22.6. The minimum atomic E-state index is -0.542. The Balaban J connectivity index is 1.18. The molecule has 4 aliphatic rings. The van der Waals surface area contributed by atoms with Gasteiger partial charge in [-0.25, -0.2) is 4.39 Å². The van der Waals surface area contributed by atoms with Gasteiger partial charge in [-0.1, -0.05) is 36.4 Å². The van der Waals surface area contributed by atoms with Gasteiger partial charge in [0.2, 0.25) is 5.91 Å². The van der Waals surface area contributed by atoms with E-state index in [4.69, 9.17) is 4.99 Å². The number of likely N-dealkylation sites (tertiary alicyclic amines) is 1. The number of benzene rings is 2. The van der Waals surface area contributed by atoms with Gasteiger partial charge in [0, 0.05) is 31.1 Å². The zero-order valence-electron chi connectivity index (χ0n) is 18.7. The summed E-state index contributed by atoms with van der Waals surface area (Å²) in [6.45, 7) is 2.25. The molecule has 2 saturated carbocycles. The molecule has 1 spiro atoms. The second-order valence-corrected chi connectivity index (χ2v) is 10.0. The summed E-state index contributed by atoms with van der Waals surface area (Å²) < 4.78 is 13.6. The molecule has 2 heterocycles. The van der Waals surface area contributed by atoms with Crippen LogP contribution in [0.4, 0.5) is 4.39 Å². The lowest BCUT2D eigenvalue weighted by Crippen LogP contribution is -2.45. The molecule has 0 atom stereocenters. The average Bonchev–Trinajstić information content (AvgIpc) is 3.76. The number of aliphatic imine (C=N–C) groups is 1. The Labute approximate surface area is 193 Å². The minimum absolute atomic E-state index is 0.128. The van der Waals surface area contributed by atoms with Gasteiger partial charge < -0.3 is 4.90 Å². The van der Waals surface area contributed by atoms with Crippen molar-refractivity contribution in [2.45, 2.75) is 44.1 Å². The van der Waals surface area contributed by atoms with E-state index in [0.717, 1.165) is 74.1 Å². The van der Waals surface area contributed by atoms with E-state index in [1.54, 1.807) is 6.07 Å². The lowest BCUT2D eigenvalue weighted by molar-refractivity contribution is -0.134. The number of piperidine rings is 1. The molecule has 0 bridgehead atoms. The summed E-state index contributed by atoms with van der Waals surface area (Å²) in [5, 5.41) is 0. The summed E-state index contributed by atoms with van der Waals surface area (Å²) in [5.41, 5.74) is 2.14. The minimum Gasteiger partial charge on any atom is -0.342 e. The molecule has 0 aromatic heterocycles. The van der Waals surface area contributed by atoms with Crippen molar-refractivity contribution < 1.29 is 14.0 Å². The van der Waals surface area contributed by atoms with Crippen LogP contribution < -0.4 is 0 Å². The largest absolute Gasteiger partial charge is 0.342 e. The summed E-state index contributed by atoms with van der Waals surface area (Å²) in [4.78, 5) is 34.4. The highest BCUT2D eigenvalue weighted by Gasteiger charge is 2.57. The van der Waals surface area contributed by atoms with Gasteiger partial charge in [0.15, 0.2) is 0 Å². The van der Waals surface area contributed by atoms with Crippen molar-refractivity contribution in [1.82, 2.24) is 9.80 Å². The van der Waals surface area contributed by atoms with Crippen LogP contribution in [0.15, 0.2) is 53.5 Å². The summed E-state index contributed by atoms with van der Waals surface area (Å²) >= 11 is 0. The first-order chi connectivity index (χ1) is 16.0. The standard InChI is InChI=1S/C27H28FN3O2/c28-23-3-1-2-22(16-23)19-4-6-20(7-5-19)24-29-27(12-13-27)26(33)31(24)17-18-10-14-30(15-11-18)25(32)21-8-9-21/h1-7,16,18,21H,8-15,17H2. The molecule has 0 unspecified atom stereocenters. The Bertz CT molecular complexity index is 1130. The predicted octanol–water partition coefficient (Wildman–Crippen LogP) is 4.26. The van der Waals surface area contributed by atoms with E-state index in [-0.39, 0.29) is 17.6 Å². The predicted molar refractivity (Wildman–Crippen MR) is 124 cm³/mol. The summed E-state index contributed by atoms with van der Waals surface area (Å²) in [5.74, 6) is 1.61. The quantitative estimate of drug-likeness (QED) is 0.691. The van der Waals surface area contributed by atoms with Crippen LogP contribution in [0.1, 0.15) is 44.1 Å². The average molecular weight is 446 g/mol. The highest BCUT2D eigenvalue weighted by molar-refractivity contribution is 6.16. The van der Waals surface area contributed by atoms with Crippen LogP contribution in [0.25, 0.3) is 11.1 Å². The molecule has 2 amide bonds. The second kappa shape index (κ2) is 7.79. The third kappa shape index (κ3) is 3.85. The van der Waals surface area contributed by atoms with Gasteiger partial charge in [0.05, 0.1) is 0 Å². The molecular weight excluding hydrogens is 417 g/mol. The summed E-state index contributed by atoms with van der Waals surface area (Å²) in [7, 11) is 0. The van der Waals surface area contributed by atoms with Crippen LogP contribution in [0, 0.1) is 17.7 Å². The van der Waals surface area contributed by atoms with Gasteiger partial charge >= 0.3 is 0 Å². The first kappa shape index (κ1) is 20.6. The monoisotopic (exact) mass is 445 g/mol. The van der Waals surface area contributed by atoms with Crippen molar-refractivity contribution in [2.75, 3.05) is 19.6 Å². The Morgan fingerprint density at radius 2 is 1.67 bits per heavy atom. The molecule has 5 nitrogen and oxygen atoms in total. The zero-order valence-corrected chi connectivity index (χ0v) is 18.7. The molecule has 170 valence electrons. The lowest BCUT2D eigenvalue weighted by Gasteiger charge is -2.34. The van der Waals surface area contributed by atoms with E-state index in [1.807, 2.05) is 40.1 Å². The molecule has 6 heteroatoms. The molecule has 2 aliphatic heterocycles. The second-order valence-electron chi connectivity index (χ2n) is 10.0. The number of nitrogens with zero attached hydrogens (tertiary/aromatic N) is 3. The first-order valence-corrected chi connectivity index (χ1v) is 12.1. The number of amides is 2. The van der Waals surface area contributed by atoms with Crippen molar-refractivity contribution in [1.29, 1.82) is 0 Å². The summed E-state index contributed by atoms with van der Waals surface area (Å²) in [6.07, 6.45) is 5.59. The van der Waals surface area contributed by atoms with Gasteiger partial charge in [-0.3, -0.25) is 19.5 Å². The van der Waals surface area contributed by atoms with Crippen molar-refractivity contribution in [3.05, 3.63) is 59.9 Å². The fraction of sp³-hybridized carbons (Fsp3) is 0.444. The van der Waals surface area contributed by atoms with E-state index < -0.39 is 5.54 Å². The van der Waals surface area contributed by atoms with E-state index in [0.29, 0.717) is 18.4 Å². The van der Waals surface area contributed by atoms with Crippen LogP contribution in [0.3, 0.4) is 0 Å². The summed E-state index contributed by atoms with van der Waals surface area (Å²) in [6, 6.07) is 14.5. The Morgan fingerprint density at radius 1 is 0.970 bits per heavy atom. The van der Waals surface area contributed by atoms with Gasteiger partial charge in [0.25, 0.3) is 5.91 Å². The molecular formula is C27H28FN3O2. The van der Waals surface area contributed by atoms with Gasteiger partial charge in [0.1, 0.15) is 17.2 Å². The normalized spacial score (nSPS) is 22.1. The maximum atomic E-state index is 13.6. The van der Waals surface area contributed by atoms with E-state index >= 15 is 0 Å². The molecule has 33 heavy (non-hydrogen) atoms. The number of carbonyl (C=O) groups is 2. The molecule has 0 N–H and O–H groups in total. The number of halogens is 1. The third-order valence-corrected chi connectivity index (χ3v) is 7.54. The molecule has 0 radical (unpaired) electrons. The SMILES string of the molecule is O=C(C1CC1)N1CCC(CN2C(=O)C3(CC3)N=C2c2ccc(-c3cccc(F)c3)cc2)CC1. The van der Waals surface area contributed by atoms with Crippen molar-refractivity contribution in [3.8, 4) is 11.1 Å². The number of hydrogen-bond acceptors (Lipinski definition) is 3. The number of carbonyl (C=O) groups excluding carboxylic acids is 2. The molecule has 3 fully saturated rings. The third-order valence-electron chi connectivity index (χ3n) is 7.54. The lowest BCUT2D eigenvalue weighted by atomic mass is 9.95. The fourth-order valence-electron chi connectivity index (χ4n) is 5.15. The number of amidine groups is 1. The highest BCUT2D eigenvalue weighted by atomic mass is 19.1. The fourth-order valence-corrected chi connectivity index (χ4v) is 5.15. The van der Waals surface area contributed by atoms with Crippen molar-refractivity contribution >= 4 is 17.6 Å². The van der Waals surface area contributed by atoms with Gasteiger partial charge in [-0.05, 0) is 67.7 Å². The molecule has 2 aliphatic carbocycles. The number of rotatable bonds is 5.